The molecule has 0 spiro atoms. The van der Waals surface area contributed by atoms with Gasteiger partial charge in [-0.1, -0.05) is 13.8 Å². The highest BCUT2D eigenvalue weighted by Gasteiger charge is 2.23. The van der Waals surface area contributed by atoms with E-state index in [-0.39, 0.29) is 11.8 Å². The number of carbonyl (C=O) groups excluding carboxylic acids is 2. The quantitative estimate of drug-likeness (QED) is 0.648. The van der Waals surface area contributed by atoms with Gasteiger partial charge in [-0.15, -0.1) is 11.3 Å². The number of nitrogens with one attached hydrogen (secondary N) is 1. The van der Waals surface area contributed by atoms with Crippen molar-refractivity contribution in [3.8, 4) is 0 Å². The first-order valence-corrected chi connectivity index (χ1v) is 10.1. The summed E-state index contributed by atoms with van der Waals surface area (Å²) < 4.78 is 4.96. The van der Waals surface area contributed by atoms with Gasteiger partial charge in [0.2, 0.25) is 11.8 Å². The van der Waals surface area contributed by atoms with Gasteiger partial charge in [0.25, 0.3) is 0 Å². The fraction of sp³-hybridized carbons (Fsp3) is 0.722. The maximum Gasteiger partial charge on any atom is 0.234 e. The van der Waals surface area contributed by atoms with Crippen LogP contribution < -0.4 is 5.32 Å². The third kappa shape index (κ3) is 6.66. The van der Waals surface area contributed by atoms with Crippen LogP contribution in [0.3, 0.4) is 0 Å². The zero-order valence-electron chi connectivity index (χ0n) is 16.0. The summed E-state index contributed by atoms with van der Waals surface area (Å²) in [6, 6.07) is 0. The van der Waals surface area contributed by atoms with Crippen LogP contribution in [0, 0.1) is 0 Å². The third-order valence-electron chi connectivity index (χ3n) is 4.34. The molecule has 0 aliphatic carbocycles. The lowest BCUT2D eigenvalue weighted by Gasteiger charge is -2.34. The number of hydrogen-bond donors (Lipinski definition) is 1. The van der Waals surface area contributed by atoms with Crippen molar-refractivity contribution < 1.29 is 14.3 Å². The Morgan fingerprint density at radius 1 is 1.31 bits per heavy atom. The van der Waals surface area contributed by atoms with E-state index in [0.29, 0.717) is 45.1 Å². The van der Waals surface area contributed by atoms with Crippen LogP contribution in [0.5, 0.6) is 0 Å². The third-order valence-corrected chi connectivity index (χ3v) is 5.53. The number of thiazole rings is 1. The standard InChI is InChI=1S/C18H30N4O3S/c1-14(2)18-20-15(13-26-18)11-17(24)22-8-6-21(7-9-22)12-16(23)19-5-4-10-25-3/h13-14H,4-12H2,1-3H3,(H,19,23). The van der Waals surface area contributed by atoms with Crippen LogP contribution in [0.1, 0.15) is 36.9 Å². The van der Waals surface area contributed by atoms with E-state index in [0.717, 1.165) is 30.2 Å². The number of hydrogen-bond acceptors (Lipinski definition) is 6. The number of rotatable bonds is 9. The van der Waals surface area contributed by atoms with Gasteiger partial charge in [-0.3, -0.25) is 14.5 Å². The Kier molecular flexibility index (Phi) is 8.47. The molecule has 2 rings (SSSR count). The molecule has 8 heteroatoms. The topological polar surface area (TPSA) is 74.8 Å². The van der Waals surface area contributed by atoms with Crippen molar-refractivity contribution in [1.29, 1.82) is 0 Å². The molecule has 0 bridgehead atoms. The highest BCUT2D eigenvalue weighted by molar-refractivity contribution is 7.09. The molecule has 26 heavy (non-hydrogen) atoms. The predicted octanol–water partition coefficient (Wildman–Crippen LogP) is 1.11. The maximum absolute atomic E-state index is 12.5. The predicted molar refractivity (Wildman–Crippen MR) is 102 cm³/mol. The molecule has 1 N–H and O–H groups in total. The molecule has 0 radical (unpaired) electrons. The SMILES string of the molecule is COCCCNC(=O)CN1CCN(C(=O)Cc2csc(C(C)C)n2)CC1. The van der Waals surface area contributed by atoms with Crippen molar-refractivity contribution in [3.05, 3.63) is 16.1 Å². The normalized spacial score (nSPS) is 15.5. The van der Waals surface area contributed by atoms with E-state index in [1.54, 1.807) is 18.4 Å². The monoisotopic (exact) mass is 382 g/mol. The average Bonchev–Trinajstić information content (AvgIpc) is 3.08. The van der Waals surface area contributed by atoms with Crippen molar-refractivity contribution in [1.82, 2.24) is 20.1 Å². The van der Waals surface area contributed by atoms with Gasteiger partial charge in [-0.2, -0.15) is 0 Å². The van der Waals surface area contributed by atoms with E-state index in [4.69, 9.17) is 4.74 Å². The fourth-order valence-electron chi connectivity index (χ4n) is 2.79. The fourth-order valence-corrected chi connectivity index (χ4v) is 3.63. The van der Waals surface area contributed by atoms with Crippen LogP contribution in [0.2, 0.25) is 0 Å². The minimum absolute atomic E-state index is 0.0320. The van der Waals surface area contributed by atoms with E-state index >= 15 is 0 Å². The molecule has 7 nitrogen and oxygen atoms in total. The van der Waals surface area contributed by atoms with Crippen molar-refractivity contribution in [2.45, 2.75) is 32.6 Å². The van der Waals surface area contributed by atoms with Crippen LogP contribution in [-0.4, -0.2) is 79.6 Å². The van der Waals surface area contributed by atoms with Crippen LogP contribution in [0.15, 0.2) is 5.38 Å². The molecule has 2 heterocycles. The molecule has 146 valence electrons. The second-order valence-electron chi connectivity index (χ2n) is 6.86. The van der Waals surface area contributed by atoms with Gasteiger partial charge in [0.1, 0.15) is 0 Å². The van der Waals surface area contributed by atoms with Gasteiger partial charge < -0.3 is 15.0 Å². The smallest absolute Gasteiger partial charge is 0.234 e. The summed E-state index contributed by atoms with van der Waals surface area (Å²) in [5, 5.41) is 5.96. The summed E-state index contributed by atoms with van der Waals surface area (Å²) in [6.07, 6.45) is 1.18. The van der Waals surface area contributed by atoms with E-state index in [9.17, 15) is 9.59 Å². The Bertz CT molecular complexity index is 583. The number of ether oxygens (including phenoxy) is 1. The Hall–Kier alpha value is -1.51. The first-order chi connectivity index (χ1) is 12.5. The van der Waals surface area contributed by atoms with E-state index < -0.39 is 0 Å². The second kappa shape index (κ2) is 10.6. The highest BCUT2D eigenvalue weighted by Crippen LogP contribution is 2.19. The lowest BCUT2D eigenvalue weighted by Crippen LogP contribution is -2.51. The average molecular weight is 383 g/mol. The Balaban J connectivity index is 1.68. The Labute approximate surface area is 159 Å². The van der Waals surface area contributed by atoms with Crippen molar-refractivity contribution >= 4 is 23.2 Å². The minimum atomic E-state index is 0.0320. The molecule has 1 fully saturated rings. The Morgan fingerprint density at radius 3 is 2.65 bits per heavy atom. The molecule has 0 aromatic carbocycles. The first-order valence-electron chi connectivity index (χ1n) is 9.19. The second-order valence-corrected chi connectivity index (χ2v) is 7.75. The molecule has 1 aromatic rings. The zero-order valence-corrected chi connectivity index (χ0v) is 16.8. The molecule has 1 aliphatic rings. The number of carbonyl (C=O) groups is 2. The number of piperazine rings is 1. The summed E-state index contributed by atoms with van der Waals surface area (Å²) in [5.74, 6) is 0.548. The molecular weight excluding hydrogens is 352 g/mol. The number of methoxy groups -OCH3 is 1. The largest absolute Gasteiger partial charge is 0.385 e. The molecule has 0 atom stereocenters. The van der Waals surface area contributed by atoms with Crippen LogP contribution in [0.4, 0.5) is 0 Å². The first kappa shape index (κ1) is 20.8. The van der Waals surface area contributed by atoms with Gasteiger partial charge in [-0.05, 0) is 6.42 Å². The van der Waals surface area contributed by atoms with E-state index in [1.165, 1.54) is 0 Å². The van der Waals surface area contributed by atoms with Crippen LogP contribution in [-0.2, 0) is 20.7 Å². The van der Waals surface area contributed by atoms with Crippen molar-refractivity contribution in [2.75, 3.05) is 53.0 Å². The number of amides is 2. The van der Waals surface area contributed by atoms with Gasteiger partial charge in [0.15, 0.2) is 0 Å². The van der Waals surface area contributed by atoms with Gasteiger partial charge >= 0.3 is 0 Å². The molecule has 1 saturated heterocycles. The minimum Gasteiger partial charge on any atom is -0.385 e. The van der Waals surface area contributed by atoms with Crippen molar-refractivity contribution in [3.63, 3.8) is 0 Å². The molecule has 0 saturated carbocycles. The summed E-state index contributed by atoms with van der Waals surface area (Å²) in [4.78, 5) is 32.9. The van der Waals surface area contributed by atoms with Gasteiger partial charge in [0, 0.05) is 57.7 Å². The number of nitrogens with zero attached hydrogens (tertiary/aromatic N) is 3. The van der Waals surface area contributed by atoms with Crippen LogP contribution >= 0.6 is 11.3 Å². The molecule has 0 unspecified atom stereocenters. The Morgan fingerprint density at radius 2 is 2.04 bits per heavy atom. The van der Waals surface area contributed by atoms with E-state index in [1.807, 2.05) is 10.3 Å². The summed E-state index contributed by atoms with van der Waals surface area (Å²) in [6.45, 7) is 8.68. The lowest BCUT2D eigenvalue weighted by molar-refractivity contribution is -0.132. The summed E-state index contributed by atoms with van der Waals surface area (Å²) in [7, 11) is 1.65. The zero-order chi connectivity index (χ0) is 18.9. The van der Waals surface area contributed by atoms with E-state index in [2.05, 4.69) is 29.0 Å². The van der Waals surface area contributed by atoms with Gasteiger partial charge in [-0.25, -0.2) is 4.98 Å². The molecule has 1 aliphatic heterocycles. The lowest BCUT2D eigenvalue weighted by atomic mass is 10.2. The summed E-state index contributed by atoms with van der Waals surface area (Å²) in [5.41, 5.74) is 0.863. The maximum atomic E-state index is 12.5. The van der Waals surface area contributed by atoms with Crippen LogP contribution in [0.25, 0.3) is 0 Å². The summed E-state index contributed by atoms with van der Waals surface area (Å²) >= 11 is 1.62. The van der Waals surface area contributed by atoms with Gasteiger partial charge in [0.05, 0.1) is 23.7 Å². The molecule has 1 aromatic heterocycles. The van der Waals surface area contributed by atoms with Crippen molar-refractivity contribution in [2.24, 2.45) is 0 Å². The highest BCUT2D eigenvalue weighted by atomic mass is 32.1. The molecular formula is C18H30N4O3S. The number of aromatic nitrogens is 1. The molecule has 2 amide bonds.